The van der Waals surface area contributed by atoms with Gasteiger partial charge in [-0.05, 0) is 60.7 Å². The molecule has 142 valence electrons. The summed E-state index contributed by atoms with van der Waals surface area (Å²) in [6.07, 6.45) is 0. The van der Waals surface area contributed by atoms with E-state index in [9.17, 15) is 0 Å². The van der Waals surface area contributed by atoms with Crippen LogP contribution in [0.4, 0.5) is 11.4 Å². The minimum atomic E-state index is -4.67. The molecule has 0 fully saturated rings. The number of hydrogen-bond donors (Lipinski definition) is 4. The zero-order valence-electron chi connectivity index (χ0n) is 14.0. The summed E-state index contributed by atoms with van der Waals surface area (Å²) < 4.78 is 43.1. The van der Waals surface area contributed by atoms with Gasteiger partial charge in [-0.1, -0.05) is 6.07 Å². The molecular formula is C18H18N2O6S. The van der Waals surface area contributed by atoms with Gasteiger partial charge in [0.2, 0.25) is 0 Å². The molecule has 0 saturated heterocycles. The van der Waals surface area contributed by atoms with Gasteiger partial charge in [-0.3, -0.25) is 9.11 Å². The highest BCUT2D eigenvalue weighted by molar-refractivity contribution is 7.79. The van der Waals surface area contributed by atoms with Crippen molar-refractivity contribution in [3.8, 4) is 23.0 Å². The van der Waals surface area contributed by atoms with Crippen molar-refractivity contribution in [2.75, 3.05) is 11.5 Å². The molecule has 27 heavy (non-hydrogen) atoms. The molecule has 0 aromatic heterocycles. The quantitative estimate of drug-likeness (QED) is 0.389. The fraction of sp³-hybridized carbons (Fsp3) is 0. The number of nitrogen functional groups attached to an aromatic ring is 2. The lowest BCUT2D eigenvalue weighted by molar-refractivity contribution is 0.381. The van der Waals surface area contributed by atoms with E-state index in [0.717, 1.165) is 11.5 Å². The first-order chi connectivity index (χ1) is 12.7. The van der Waals surface area contributed by atoms with E-state index in [1.807, 2.05) is 48.5 Å². The maximum absolute atomic E-state index is 8.74. The van der Waals surface area contributed by atoms with Crippen LogP contribution >= 0.6 is 0 Å². The molecule has 0 bridgehead atoms. The summed E-state index contributed by atoms with van der Waals surface area (Å²) in [5.41, 5.74) is 12.7. The largest absolute Gasteiger partial charge is 0.457 e. The number of rotatable bonds is 4. The predicted octanol–water partition coefficient (Wildman–Crippen LogP) is 3.78. The molecule has 0 aliphatic rings. The Bertz CT molecular complexity index is 903. The van der Waals surface area contributed by atoms with Crippen LogP contribution < -0.4 is 20.9 Å². The van der Waals surface area contributed by atoms with Crippen LogP contribution in [0, 0.1) is 0 Å². The van der Waals surface area contributed by atoms with E-state index in [1.165, 1.54) is 0 Å². The first kappa shape index (κ1) is 20.0. The Hall–Kier alpha value is -3.27. The van der Waals surface area contributed by atoms with E-state index in [4.69, 9.17) is 38.5 Å². The molecular weight excluding hydrogens is 372 g/mol. The molecule has 0 atom stereocenters. The lowest BCUT2D eigenvalue weighted by Crippen LogP contribution is -1.89. The van der Waals surface area contributed by atoms with Crippen molar-refractivity contribution >= 4 is 21.8 Å². The topological polar surface area (TPSA) is 145 Å². The number of benzene rings is 3. The molecule has 3 aromatic rings. The molecule has 0 aliphatic carbocycles. The van der Waals surface area contributed by atoms with Gasteiger partial charge in [-0.2, -0.15) is 8.42 Å². The van der Waals surface area contributed by atoms with Crippen LogP contribution in [-0.2, 0) is 10.4 Å². The zero-order valence-corrected chi connectivity index (χ0v) is 14.8. The standard InChI is InChI=1S/C18H16N2O2.H2O4S/c19-13-4-8-15(9-5-13)21-17-2-1-3-18(12-17)22-16-10-6-14(20)7-11-16;1-5(2,3)4/h1-12H,19-20H2;(H2,1,2,3,4). The Labute approximate surface area is 156 Å². The molecule has 8 nitrogen and oxygen atoms in total. The second-order valence-electron chi connectivity index (χ2n) is 5.26. The second-order valence-corrected chi connectivity index (χ2v) is 6.16. The molecule has 0 saturated carbocycles. The fourth-order valence-corrected chi connectivity index (χ4v) is 1.95. The molecule has 3 rings (SSSR count). The summed E-state index contributed by atoms with van der Waals surface area (Å²) in [7, 11) is -4.67. The molecule has 0 amide bonds. The van der Waals surface area contributed by atoms with Crippen LogP contribution in [0.1, 0.15) is 0 Å². The smallest absolute Gasteiger partial charge is 0.394 e. The molecule has 0 unspecified atom stereocenters. The van der Waals surface area contributed by atoms with Gasteiger partial charge in [0, 0.05) is 17.4 Å². The summed E-state index contributed by atoms with van der Waals surface area (Å²) in [5, 5.41) is 0. The fourth-order valence-electron chi connectivity index (χ4n) is 1.95. The van der Waals surface area contributed by atoms with Crippen molar-refractivity contribution in [2.45, 2.75) is 0 Å². The molecule has 0 radical (unpaired) electrons. The third kappa shape index (κ3) is 8.10. The van der Waals surface area contributed by atoms with E-state index >= 15 is 0 Å². The van der Waals surface area contributed by atoms with Crippen molar-refractivity contribution in [1.82, 2.24) is 0 Å². The number of ether oxygens (including phenoxy) is 2. The van der Waals surface area contributed by atoms with Crippen LogP contribution in [0.25, 0.3) is 0 Å². The summed E-state index contributed by atoms with van der Waals surface area (Å²) in [5.74, 6) is 2.83. The van der Waals surface area contributed by atoms with Gasteiger partial charge in [-0.15, -0.1) is 0 Å². The van der Waals surface area contributed by atoms with Gasteiger partial charge in [0.15, 0.2) is 0 Å². The summed E-state index contributed by atoms with van der Waals surface area (Å²) in [6.45, 7) is 0. The van der Waals surface area contributed by atoms with Gasteiger partial charge < -0.3 is 20.9 Å². The van der Waals surface area contributed by atoms with E-state index in [1.54, 1.807) is 24.3 Å². The lowest BCUT2D eigenvalue weighted by Gasteiger charge is -2.09. The summed E-state index contributed by atoms with van der Waals surface area (Å²) in [6, 6.07) is 21.9. The average molecular weight is 390 g/mol. The van der Waals surface area contributed by atoms with Crippen LogP contribution in [0.2, 0.25) is 0 Å². The van der Waals surface area contributed by atoms with Gasteiger partial charge in [0.1, 0.15) is 23.0 Å². The highest BCUT2D eigenvalue weighted by Crippen LogP contribution is 2.28. The SMILES string of the molecule is Nc1ccc(Oc2cccc(Oc3ccc(N)cc3)c2)cc1.O=S(=O)(O)O. The third-order valence-corrected chi connectivity index (χ3v) is 3.04. The van der Waals surface area contributed by atoms with Gasteiger partial charge >= 0.3 is 10.4 Å². The minimum absolute atomic E-state index is 0.692. The first-order valence-corrected chi connectivity index (χ1v) is 8.95. The minimum Gasteiger partial charge on any atom is -0.457 e. The van der Waals surface area contributed by atoms with Crippen molar-refractivity contribution in [3.63, 3.8) is 0 Å². The Kier molecular flexibility index (Phi) is 6.61. The van der Waals surface area contributed by atoms with Crippen molar-refractivity contribution in [2.24, 2.45) is 0 Å². The molecule has 0 spiro atoms. The highest BCUT2D eigenvalue weighted by atomic mass is 32.3. The first-order valence-electron chi connectivity index (χ1n) is 7.56. The van der Waals surface area contributed by atoms with Crippen molar-refractivity contribution in [3.05, 3.63) is 72.8 Å². The second kappa shape index (κ2) is 8.90. The maximum atomic E-state index is 8.74. The average Bonchev–Trinajstić information content (AvgIpc) is 2.58. The Balaban J connectivity index is 0.000000465. The summed E-state index contributed by atoms with van der Waals surface area (Å²) in [4.78, 5) is 0. The highest BCUT2D eigenvalue weighted by Gasteiger charge is 2.02. The zero-order chi connectivity index (χ0) is 19.9. The number of anilines is 2. The monoisotopic (exact) mass is 390 g/mol. The van der Waals surface area contributed by atoms with E-state index < -0.39 is 10.4 Å². The molecule has 9 heteroatoms. The summed E-state index contributed by atoms with van der Waals surface area (Å²) >= 11 is 0. The van der Waals surface area contributed by atoms with E-state index in [-0.39, 0.29) is 0 Å². The van der Waals surface area contributed by atoms with E-state index in [2.05, 4.69) is 0 Å². The van der Waals surface area contributed by atoms with Crippen LogP contribution in [-0.4, -0.2) is 17.5 Å². The number of hydrogen-bond acceptors (Lipinski definition) is 6. The van der Waals surface area contributed by atoms with Crippen molar-refractivity contribution in [1.29, 1.82) is 0 Å². The normalized spacial score (nSPS) is 10.4. The maximum Gasteiger partial charge on any atom is 0.394 e. The molecule has 6 N–H and O–H groups in total. The molecule has 0 heterocycles. The van der Waals surface area contributed by atoms with E-state index in [0.29, 0.717) is 22.9 Å². The third-order valence-electron chi connectivity index (χ3n) is 3.04. The molecule has 3 aromatic carbocycles. The van der Waals surface area contributed by atoms with Crippen LogP contribution in [0.15, 0.2) is 72.8 Å². The Morgan fingerprint density at radius 2 is 0.963 bits per heavy atom. The predicted molar refractivity (Wildman–Crippen MR) is 102 cm³/mol. The van der Waals surface area contributed by atoms with Gasteiger partial charge in [-0.25, -0.2) is 0 Å². The van der Waals surface area contributed by atoms with Gasteiger partial charge in [0.05, 0.1) is 0 Å². The van der Waals surface area contributed by atoms with Crippen LogP contribution in [0.5, 0.6) is 23.0 Å². The van der Waals surface area contributed by atoms with Crippen LogP contribution in [0.3, 0.4) is 0 Å². The Morgan fingerprint density at radius 1 is 0.630 bits per heavy atom. The van der Waals surface area contributed by atoms with Gasteiger partial charge in [0.25, 0.3) is 0 Å². The molecule has 0 aliphatic heterocycles. The van der Waals surface area contributed by atoms with Crippen molar-refractivity contribution < 1.29 is 27.0 Å². The Morgan fingerprint density at radius 3 is 1.30 bits per heavy atom. The number of nitrogens with two attached hydrogens (primary N) is 2. The lowest BCUT2D eigenvalue weighted by atomic mass is 10.3.